The van der Waals surface area contributed by atoms with Crippen molar-refractivity contribution in [3.8, 4) is 5.75 Å². The normalized spacial score (nSPS) is 13.6. The lowest BCUT2D eigenvalue weighted by Gasteiger charge is -2.25. The molecule has 14 nitrogen and oxygen atoms in total. The maximum atomic E-state index is 13.6. The van der Waals surface area contributed by atoms with Gasteiger partial charge in [0, 0.05) is 31.2 Å². The first-order valence-corrected chi connectivity index (χ1v) is 12.9. The third-order valence-electron chi connectivity index (χ3n) is 6.25. The van der Waals surface area contributed by atoms with Gasteiger partial charge in [0.2, 0.25) is 17.7 Å². The summed E-state index contributed by atoms with van der Waals surface area (Å²) in [5.74, 6) is -5.39. The molecule has 1 aromatic heterocycles. The lowest BCUT2D eigenvalue weighted by molar-refractivity contribution is -0.147. The number of hydrogen-bond acceptors (Lipinski definition) is 8. The Morgan fingerprint density at radius 1 is 0.762 bits per heavy atom. The maximum Gasteiger partial charge on any atom is 0.326 e. The van der Waals surface area contributed by atoms with E-state index in [9.17, 15) is 34.2 Å². The molecule has 4 atom stereocenters. The van der Waals surface area contributed by atoms with E-state index >= 15 is 0 Å². The molecule has 4 unspecified atom stereocenters. The number of aromatic nitrogens is 2. The molecule has 9 N–H and O–H groups in total. The zero-order valence-electron chi connectivity index (χ0n) is 22.4. The summed E-state index contributed by atoms with van der Waals surface area (Å²) in [6.07, 6.45) is 2.10. The van der Waals surface area contributed by atoms with Crippen LogP contribution in [-0.4, -0.2) is 79.1 Å². The van der Waals surface area contributed by atoms with Crippen LogP contribution in [0.15, 0.2) is 67.1 Å². The first-order valence-electron chi connectivity index (χ1n) is 12.9. The predicted octanol–water partition coefficient (Wildman–Crippen LogP) is -0.516. The van der Waals surface area contributed by atoms with Gasteiger partial charge in [-0.2, -0.15) is 0 Å². The average Bonchev–Trinajstić information content (AvgIpc) is 3.46. The molecule has 0 aliphatic heterocycles. The molecule has 0 saturated carbocycles. The molecule has 0 radical (unpaired) electrons. The second kappa shape index (κ2) is 14.9. The van der Waals surface area contributed by atoms with Crippen LogP contribution in [0, 0.1) is 0 Å². The predicted molar refractivity (Wildman–Crippen MR) is 148 cm³/mol. The Morgan fingerprint density at radius 2 is 1.31 bits per heavy atom. The monoisotopic (exact) mass is 580 g/mol. The number of phenolic OH excluding ortho intramolecular Hbond substituents is 1. The fourth-order valence-electron chi connectivity index (χ4n) is 4.06. The number of rotatable bonds is 15. The zero-order chi connectivity index (χ0) is 30.6. The number of nitrogens with zero attached hydrogens (tertiary/aromatic N) is 1. The Balaban J connectivity index is 1.83. The van der Waals surface area contributed by atoms with Crippen molar-refractivity contribution in [3.63, 3.8) is 0 Å². The highest BCUT2D eigenvalue weighted by molar-refractivity contribution is 5.95. The van der Waals surface area contributed by atoms with Crippen LogP contribution >= 0.6 is 0 Å². The lowest BCUT2D eigenvalue weighted by atomic mass is 10.0. The molecule has 14 heteroatoms. The summed E-state index contributed by atoms with van der Waals surface area (Å²) < 4.78 is 0. The third kappa shape index (κ3) is 9.75. The summed E-state index contributed by atoms with van der Waals surface area (Å²) in [7, 11) is 0. The smallest absolute Gasteiger partial charge is 0.326 e. The summed E-state index contributed by atoms with van der Waals surface area (Å²) in [5, 5.41) is 35.4. The van der Waals surface area contributed by atoms with Crippen molar-refractivity contribution in [2.75, 3.05) is 0 Å². The lowest BCUT2D eigenvalue weighted by Crippen LogP contribution is -2.58. The largest absolute Gasteiger partial charge is 0.508 e. The molecular weight excluding hydrogens is 548 g/mol. The number of aliphatic carboxylic acids is 2. The van der Waals surface area contributed by atoms with Crippen LogP contribution in [0.1, 0.15) is 23.2 Å². The summed E-state index contributed by atoms with van der Waals surface area (Å²) >= 11 is 0. The molecule has 0 bridgehead atoms. The molecule has 3 amide bonds. The number of benzene rings is 2. The fraction of sp³-hybridized carbons (Fsp3) is 0.286. The van der Waals surface area contributed by atoms with Gasteiger partial charge in [0.1, 0.15) is 23.9 Å². The van der Waals surface area contributed by atoms with E-state index in [1.165, 1.54) is 36.8 Å². The van der Waals surface area contributed by atoms with E-state index in [4.69, 9.17) is 10.8 Å². The number of carbonyl (C=O) groups excluding carboxylic acids is 3. The highest BCUT2D eigenvalue weighted by atomic mass is 16.4. The van der Waals surface area contributed by atoms with Crippen LogP contribution < -0.4 is 21.7 Å². The number of nitrogens with two attached hydrogens (primary N) is 1. The fourth-order valence-corrected chi connectivity index (χ4v) is 4.06. The Kier molecular flexibility index (Phi) is 11.1. The first-order chi connectivity index (χ1) is 20.0. The quantitative estimate of drug-likeness (QED) is 0.114. The van der Waals surface area contributed by atoms with Gasteiger partial charge >= 0.3 is 11.9 Å². The number of imidazole rings is 1. The van der Waals surface area contributed by atoms with Crippen LogP contribution in [0.2, 0.25) is 0 Å². The Bertz CT molecular complexity index is 1360. The number of aromatic amines is 1. The van der Waals surface area contributed by atoms with Gasteiger partial charge < -0.3 is 42.0 Å². The van der Waals surface area contributed by atoms with Gasteiger partial charge in [-0.05, 0) is 23.3 Å². The second-order valence-electron chi connectivity index (χ2n) is 9.57. The number of nitrogens with one attached hydrogen (secondary N) is 4. The summed E-state index contributed by atoms with van der Waals surface area (Å²) in [6, 6.07) is 9.21. The highest BCUT2D eigenvalue weighted by Gasteiger charge is 2.31. The van der Waals surface area contributed by atoms with E-state index < -0.39 is 60.2 Å². The van der Waals surface area contributed by atoms with Crippen molar-refractivity contribution < 1.29 is 39.3 Å². The van der Waals surface area contributed by atoms with Crippen molar-refractivity contribution in [1.29, 1.82) is 0 Å². The molecule has 0 fully saturated rings. The second-order valence-corrected chi connectivity index (χ2v) is 9.57. The average molecular weight is 581 g/mol. The third-order valence-corrected chi connectivity index (χ3v) is 6.25. The van der Waals surface area contributed by atoms with Crippen LogP contribution in [-0.2, 0) is 43.2 Å². The zero-order valence-corrected chi connectivity index (χ0v) is 22.4. The molecule has 3 rings (SSSR count). The molecule has 42 heavy (non-hydrogen) atoms. The molecule has 2 aromatic carbocycles. The summed E-state index contributed by atoms with van der Waals surface area (Å²) in [5.41, 5.74) is 7.87. The SMILES string of the molecule is NC(Cc1cnc[nH]1)C(=O)NC(Cc1ccccc1)C(=O)NC(Cc1ccc(O)cc1)C(=O)NC(CC(=O)O)C(=O)O. The van der Waals surface area contributed by atoms with Crippen LogP contribution in [0.3, 0.4) is 0 Å². The van der Waals surface area contributed by atoms with Gasteiger partial charge in [-0.15, -0.1) is 0 Å². The maximum absolute atomic E-state index is 13.6. The van der Waals surface area contributed by atoms with E-state index in [0.717, 1.165) is 0 Å². The topological polar surface area (TPSA) is 237 Å². The molecular formula is C28H32N6O8. The number of carboxylic acids is 2. The van der Waals surface area contributed by atoms with Gasteiger partial charge in [0.15, 0.2) is 0 Å². The molecule has 0 saturated heterocycles. The van der Waals surface area contributed by atoms with Crippen molar-refractivity contribution in [2.45, 2.75) is 49.9 Å². The molecule has 0 aliphatic rings. The van der Waals surface area contributed by atoms with Crippen molar-refractivity contribution in [3.05, 3.63) is 83.9 Å². The first kappa shape index (κ1) is 31.3. The number of phenols is 1. The van der Waals surface area contributed by atoms with Gasteiger partial charge in [0.05, 0.1) is 18.8 Å². The molecule has 222 valence electrons. The van der Waals surface area contributed by atoms with E-state index in [1.54, 1.807) is 30.3 Å². The number of aromatic hydroxyl groups is 1. The summed E-state index contributed by atoms with van der Waals surface area (Å²) in [4.78, 5) is 69.1. The van der Waals surface area contributed by atoms with Crippen molar-refractivity contribution in [1.82, 2.24) is 25.9 Å². The van der Waals surface area contributed by atoms with E-state index in [-0.39, 0.29) is 25.0 Å². The van der Waals surface area contributed by atoms with Crippen molar-refractivity contribution >= 4 is 29.7 Å². The minimum absolute atomic E-state index is 0.0340. The number of carboxylic acid groups (broad SMARTS) is 2. The van der Waals surface area contributed by atoms with Crippen LogP contribution in [0.5, 0.6) is 5.75 Å². The highest BCUT2D eigenvalue weighted by Crippen LogP contribution is 2.13. The van der Waals surface area contributed by atoms with Crippen molar-refractivity contribution in [2.24, 2.45) is 5.73 Å². The van der Waals surface area contributed by atoms with E-state index in [2.05, 4.69) is 25.9 Å². The number of hydrogen-bond donors (Lipinski definition) is 8. The minimum atomic E-state index is -1.76. The Labute approximate surface area is 240 Å². The molecule has 3 aromatic rings. The molecule has 1 heterocycles. The number of carbonyl (C=O) groups is 5. The van der Waals surface area contributed by atoms with E-state index in [1.807, 2.05) is 0 Å². The van der Waals surface area contributed by atoms with E-state index in [0.29, 0.717) is 16.8 Å². The van der Waals surface area contributed by atoms with Gasteiger partial charge in [0.25, 0.3) is 0 Å². The van der Waals surface area contributed by atoms with Gasteiger partial charge in [-0.25, -0.2) is 9.78 Å². The summed E-state index contributed by atoms with van der Waals surface area (Å²) in [6.45, 7) is 0. The minimum Gasteiger partial charge on any atom is -0.508 e. The van der Waals surface area contributed by atoms with Crippen LogP contribution in [0.25, 0.3) is 0 Å². The molecule has 0 spiro atoms. The van der Waals surface area contributed by atoms with Crippen LogP contribution in [0.4, 0.5) is 0 Å². The van der Waals surface area contributed by atoms with Gasteiger partial charge in [-0.3, -0.25) is 19.2 Å². The Morgan fingerprint density at radius 3 is 1.83 bits per heavy atom. The van der Waals surface area contributed by atoms with Gasteiger partial charge in [-0.1, -0.05) is 42.5 Å². The number of amides is 3. The number of H-pyrrole nitrogens is 1. The Hall–Kier alpha value is -5.24. The standard InChI is InChI=1S/C28H32N6O8/c29-20(12-18-14-30-15-31-18)25(38)32-21(10-16-4-2-1-3-5-16)26(39)33-22(11-17-6-8-19(35)9-7-17)27(40)34-23(28(41)42)13-24(36)37/h1-9,14-15,20-23,35H,10-13,29H2,(H,30,31)(H,32,38)(H,33,39)(H,34,40)(H,36,37)(H,41,42). The molecule has 0 aliphatic carbocycles.